The summed E-state index contributed by atoms with van der Waals surface area (Å²) in [7, 11) is 0. The van der Waals surface area contributed by atoms with E-state index < -0.39 is 92.3 Å². The van der Waals surface area contributed by atoms with E-state index in [0.717, 1.165) is 32.1 Å². The quantitative estimate of drug-likeness (QED) is 0.171. The first-order valence-electron chi connectivity index (χ1n) is 16.5. The molecule has 2 heterocycles. The van der Waals surface area contributed by atoms with Gasteiger partial charge in [-0.3, -0.25) is 0 Å². The van der Waals surface area contributed by atoms with Crippen LogP contribution in [0.15, 0.2) is 0 Å². The monoisotopic (exact) mass is 630 g/mol. The van der Waals surface area contributed by atoms with Crippen LogP contribution in [-0.4, -0.2) is 128 Å². The van der Waals surface area contributed by atoms with E-state index in [0.29, 0.717) is 37.0 Å². The van der Waals surface area contributed by atoms with Crippen LogP contribution < -0.4 is 0 Å². The van der Waals surface area contributed by atoms with Gasteiger partial charge in [-0.1, -0.05) is 12.8 Å². The molecule has 7 aliphatic rings. The van der Waals surface area contributed by atoms with Crippen LogP contribution in [0.3, 0.4) is 0 Å². The molecule has 0 spiro atoms. The lowest BCUT2D eigenvalue weighted by Crippen LogP contribution is -2.62. The van der Waals surface area contributed by atoms with Gasteiger partial charge < -0.3 is 59.4 Å². The van der Waals surface area contributed by atoms with Gasteiger partial charge >= 0.3 is 5.97 Å². The number of hydrogen-bond acceptors (Lipinski definition) is 12. The van der Waals surface area contributed by atoms with Crippen molar-refractivity contribution in [1.29, 1.82) is 0 Å². The summed E-state index contributed by atoms with van der Waals surface area (Å²) < 4.78 is 29.7. The van der Waals surface area contributed by atoms with E-state index in [9.17, 15) is 40.5 Å². The van der Waals surface area contributed by atoms with Crippen molar-refractivity contribution in [2.45, 2.75) is 157 Å². The number of rotatable bonds is 10. The summed E-state index contributed by atoms with van der Waals surface area (Å²) in [6.45, 7) is 0.955. The Morgan fingerprint density at radius 3 is 1.86 bits per heavy atom. The van der Waals surface area contributed by atoms with E-state index in [2.05, 4.69) is 0 Å². The number of aliphatic carboxylic acids is 1. The minimum atomic E-state index is -1.57. The van der Waals surface area contributed by atoms with Crippen molar-refractivity contribution in [3.8, 4) is 0 Å². The van der Waals surface area contributed by atoms with Crippen molar-refractivity contribution in [2.75, 3.05) is 6.61 Å². The zero-order valence-corrected chi connectivity index (χ0v) is 25.3. The Bertz CT molecular complexity index is 960. The second-order valence-electron chi connectivity index (χ2n) is 14.6. The highest BCUT2D eigenvalue weighted by atomic mass is 16.7. The van der Waals surface area contributed by atoms with Crippen LogP contribution in [-0.2, 0) is 28.5 Å². The number of carboxylic acid groups (broad SMARTS) is 1. The normalized spacial score (nSPS) is 51.3. The van der Waals surface area contributed by atoms with Crippen LogP contribution in [0.4, 0.5) is 0 Å². The van der Waals surface area contributed by atoms with Crippen LogP contribution in [0.5, 0.6) is 0 Å². The second-order valence-corrected chi connectivity index (χ2v) is 14.6. The topological polar surface area (TPSA) is 205 Å². The van der Waals surface area contributed by atoms with E-state index in [1.54, 1.807) is 6.92 Å². The first kappa shape index (κ1) is 33.0. The van der Waals surface area contributed by atoms with Crippen molar-refractivity contribution >= 4 is 5.97 Å². The summed E-state index contributed by atoms with van der Waals surface area (Å²) in [6, 6.07) is 0. The molecule has 7 N–H and O–H groups in total. The number of aliphatic hydroxyl groups excluding tert-OH is 6. The fraction of sp³-hybridized carbons (Fsp3) is 0.968. The zero-order valence-electron chi connectivity index (χ0n) is 25.3. The maximum Gasteiger partial charge on any atom is 0.332 e. The molecule has 0 amide bonds. The summed E-state index contributed by atoms with van der Waals surface area (Å²) in [5.41, 5.74) is -0.120. The van der Waals surface area contributed by atoms with Gasteiger partial charge in [-0.2, -0.15) is 0 Å². The maximum absolute atomic E-state index is 12.5. The molecule has 13 nitrogen and oxygen atoms in total. The Kier molecular flexibility index (Phi) is 9.94. The summed E-state index contributed by atoms with van der Waals surface area (Å²) in [6.07, 6.45) is -6.30. The molecule has 0 radical (unpaired) electrons. The van der Waals surface area contributed by atoms with Gasteiger partial charge in [-0.05, 0) is 87.9 Å². The number of hydrogen-bond donors (Lipinski definition) is 7. The fourth-order valence-corrected chi connectivity index (χ4v) is 9.49. The van der Waals surface area contributed by atoms with E-state index in [4.69, 9.17) is 23.7 Å². The Hall–Kier alpha value is -0.970. The van der Waals surface area contributed by atoms with Gasteiger partial charge in [-0.25, -0.2) is 4.79 Å². The lowest BCUT2D eigenvalue weighted by atomic mass is 9.48. The predicted molar refractivity (Wildman–Crippen MR) is 150 cm³/mol. The summed E-state index contributed by atoms with van der Waals surface area (Å²) in [5.74, 6) is 0.703. The highest BCUT2D eigenvalue weighted by Crippen LogP contribution is 2.61. The average Bonchev–Trinajstić information content (AvgIpc) is 2.97. The Morgan fingerprint density at radius 1 is 0.795 bits per heavy atom. The third-order valence-corrected chi connectivity index (χ3v) is 11.3. The molecule has 0 aromatic rings. The van der Waals surface area contributed by atoms with Gasteiger partial charge in [-0.15, -0.1) is 0 Å². The number of ether oxygens (including phenoxy) is 5. The molecule has 5 saturated carbocycles. The van der Waals surface area contributed by atoms with Crippen LogP contribution in [0.1, 0.15) is 77.6 Å². The van der Waals surface area contributed by atoms with Crippen molar-refractivity contribution in [3.05, 3.63) is 0 Å². The minimum absolute atomic E-state index is 0.120. The van der Waals surface area contributed by atoms with Gasteiger partial charge in [0.15, 0.2) is 18.7 Å². The highest BCUT2D eigenvalue weighted by molar-refractivity contribution is 5.72. The lowest BCUT2D eigenvalue weighted by molar-refractivity contribution is -0.345. The molecule has 13 atom stereocenters. The maximum atomic E-state index is 12.5. The first-order valence-corrected chi connectivity index (χ1v) is 16.5. The van der Waals surface area contributed by atoms with Crippen molar-refractivity contribution < 1.29 is 64.2 Å². The molecular weight excluding hydrogens is 580 g/mol. The lowest BCUT2D eigenvalue weighted by Gasteiger charge is -2.57. The SMILES string of the molecule is C[C@@H]1O[C@@H](O[C@@H]2CCCC[C@H]2O[C@@H]2O[C@H](CO)[C@H](O)[C@H](O[C@H](CC34CC5CC(CC(C5)C3)C4)C(=O)O)[C@H]2O)[C@@H](O)[C@H](O)[C@@H]1O. The fourth-order valence-electron chi connectivity index (χ4n) is 9.49. The van der Waals surface area contributed by atoms with E-state index in [-0.39, 0.29) is 5.41 Å². The summed E-state index contributed by atoms with van der Waals surface area (Å²) >= 11 is 0. The molecule has 5 aliphatic carbocycles. The molecule has 4 bridgehead atoms. The predicted octanol–water partition coefficient (Wildman–Crippen LogP) is 0.0422. The number of carbonyl (C=O) groups is 1. The van der Waals surface area contributed by atoms with Crippen LogP contribution in [0.2, 0.25) is 0 Å². The molecule has 13 heteroatoms. The van der Waals surface area contributed by atoms with Crippen LogP contribution >= 0.6 is 0 Å². The molecule has 7 fully saturated rings. The molecule has 252 valence electrons. The summed E-state index contributed by atoms with van der Waals surface area (Å²) in [5, 5.41) is 73.3. The molecule has 0 unspecified atom stereocenters. The third kappa shape index (κ3) is 6.57. The van der Waals surface area contributed by atoms with Crippen LogP contribution in [0.25, 0.3) is 0 Å². The van der Waals surface area contributed by atoms with Gasteiger partial charge in [0.25, 0.3) is 0 Å². The average molecular weight is 631 g/mol. The smallest absolute Gasteiger partial charge is 0.332 e. The van der Waals surface area contributed by atoms with Gasteiger partial charge in [0.1, 0.15) is 42.7 Å². The molecule has 2 saturated heterocycles. The third-order valence-electron chi connectivity index (χ3n) is 11.3. The minimum Gasteiger partial charge on any atom is -0.479 e. The standard InChI is InChI=1S/C31H50O13/c1-14-22(33)24(35)25(36)29(40-14)42-18-4-2-3-5-19(18)43-30-26(37)27(23(34)21(13-32)44-30)41-20(28(38)39)12-31-9-15-6-16(10-31)8-17(7-15)11-31/h14-27,29-30,32-37H,2-13H2,1H3,(H,38,39)/t14-,15?,16?,17?,18+,19+,20+,21+,22+,23-,24+,25-,26+,27-,29-,30+,31?/m0/s1. The summed E-state index contributed by atoms with van der Waals surface area (Å²) in [4.78, 5) is 12.5. The molecule has 7 rings (SSSR count). The largest absolute Gasteiger partial charge is 0.479 e. The van der Waals surface area contributed by atoms with Crippen LogP contribution in [0, 0.1) is 23.2 Å². The van der Waals surface area contributed by atoms with Crippen molar-refractivity contribution in [1.82, 2.24) is 0 Å². The molecule has 0 aromatic heterocycles. The van der Waals surface area contributed by atoms with Gasteiger partial charge in [0.05, 0.1) is 24.9 Å². The molecule has 44 heavy (non-hydrogen) atoms. The molecule has 2 aliphatic heterocycles. The molecule has 0 aromatic carbocycles. The Balaban J connectivity index is 1.14. The number of carboxylic acids is 1. The van der Waals surface area contributed by atoms with Gasteiger partial charge in [0, 0.05) is 0 Å². The van der Waals surface area contributed by atoms with E-state index >= 15 is 0 Å². The van der Waals surface area contributed by atoms with Crippen molar-refractivity contribution in [2.24, 2.45) is 23.2 Å². The Labute approximate surface area is 257 Å². The Morgan fingerprint density at radius 2 is 1.34 bits per heavy atom. The van der Waals surface area contributed by atoms with E-state index in [1.807, 2.05) is 0 Å². The second kappa shape index (κ2) is 13.3. The van der Waals surface area contributed by atoms with Crippen molar-refractivity contribution in [3.63, 3.8) is 0 Å². The highest BCUT2D eigenvalue weighted by Gasteiger charge is 2.54. The first-order chi connectivity index (χ1) is 21.0. The number of aliphatic hydroxyl groups is 6. The molecular formula is C31H50O13. The van der Waals surface area contributed by atoms with E-state index in [1.165, 1.54) is 19.3 Å². The van der Waals surface area contributed by atoms with Gasteiger partial charge in [0.2, 0.25) is 0 Å². The zero-order chi connectivity index (χ0) is 31.3.